The van der Waals surface area contributed by atoms with Crippen LogP contribution in [-0.4, -0.2) is 31.2 Å². The molecule has 6 nitrogen and oxygen atoms in total. The molecule has 1 aliphatic rings. The molecule has 1 fully saturated rings. The van der Waals surface area contributed by atoms with Gasteiger partial charge in [0.15, 0.2) is 0 Å². The van der Waals surface area contributed by atoms with Crippen LogP contribution in [0.15, 0.2) is 18.2 Å². The third kappa shape index (κ3) is 2.47. The minimum atomic E-state index is -1.27. The fourth-order valence-electron chi connectivity index (χ4n) is 1.79. The normalized spacial score (nSPS) is 15.5. The van der Waals surface area contributed by atoms with E-state index in [4.69, 9.17) is 14.6 Å². The van der Waals surface area contributed by atoms with Gasteiger partial charge in [0.2, 0.25) is 5.91 Å². The molecule has 1 aliphatic carbocycles. The van der Waals surface area contributed by atoms with Gasteiger partial charge in [-0.15, -0.1) is 0 Å². The van der Waals surface area contributed by atoms with E-state index >= 15 is 0 Å². The Morgan fingerprint density at radius 3 is 2.05 bits per heavy atom. The van der Waals surface area contributed by atoms with Crippen molar-refractivity contribution >= 4 is 17.6 Å². The molecule has 6 heteroatoms. The maximum absolute atomic E-state index is 12.0. The average Bonchev–Trinajstić information content (AvgIpc) is 3.19. The van der Waals surface area contributed by atoms with Gasteiger partial charge >= 0.3 is 5.97 Å². The van der Waals surface area contributed by atoms with E-state index in [0.29, 0.717) is 30.0 Å². The van der Waals surface area contributed by atoms with Crippen molar-refractivity contribution in [2.45, 2.75) is 12.8 Å². The van der Waals surface area contributed by atoms with Gasteiger partial charge < -0.3 is 19.9 Å². The number of ether oxygens (including phenoxy) is 2. The lowest BCUT2D eigenvalue weighted by molar-refractivity contribution is -0.147. The number of carbonyl (C=O) groups excluding carboxylic acids is 1. The number of aliphatic carboxylic acids is 1. The largest absolute Gasteiger partial charge is 0.497 e. The smallest absolute Gasteiger partial charge is 0.319 e. The lowest BCUT2D eigenvalue weighted by Crippen LogP contribution is -2.31. The zero-order valence-corrected chi connectivity index (χ0v) is 10.7. The Balaban J connectivity index is 2.19. The number of carbonyl (C=O) groups is 2. The molecule has 0 saturated heterocycles. The first-order valence-corrected chi connectivity index (χ1v) is 5.80. The van der Waals surface area contributed by atoms with Crippen molar-refractivity contribution in [1.29, 1.82) is 0 Å². The van der Waals surface area contributed by atoms with E-state index in [1.807, 2.05) is 0 Å². The van der Waals surface area contributed by atoms with Crippen LogP contribution in [0.5, 0.6) is 11.5 Å². The molecule has 1 aromatic carbocycles. The second kappa shape index (κ2) is 4.79. The highest BCUT2D eigenvalue weighted by molar-refractivity contribution is 6.10. The summed E-state index contributed by atoms with van der Waals surface area (Å²) in [5.74, 6) is -0.542. The summed E-state index contributed by atoms with van der Waals surface area (Å²) in [6.07, 6.45) is 0.741. The number of anilines is 1. The Morgan fingerprint density at radius 1 is 1.16 bits per heavy atom. The van der Waals surface area contributed by atoms with Gasteiger partial charge in [-0.3, -0.25) is 9.59 Å². The molecule has 0 radical (unpaired) electrons. The first-order chi connectivity index (χ1) is 9.01. The van der Waals surface area contributed by atoms with E-state index in [1.165, 1.54) is 14.2 Å². The number of nitrogens with one attached hydrogen (secondary N) is 1. The van der Waals surface area contributed by atoms with Crippen LogP contribution in [0.1, 0.15) is 12.8 Å². The summed E-state index contributed by atoms with van der Waals surface area (Å²) in [6, 6.07) is 4.89. The van der Waals surface area contributed by atoms with E-state index in [1.54, 1.807) is 18.2 Å². The van der Waals surface area contributed by atoms with Gasteiger partial charge in [-0.25, -0.2) is 0 Å². The van der Waals surface area contributed by atoms with E-state index in [-0.39, 0.29) is 0 Å². The zero-order valence-electron chi connectivity index (χ0n) is 10.7. The summed E-state index contributed by atoms with van der Waals surface area (Å²) < 4.78 is 10.2. The first kappa shape index (κ1) is 13.2. The molecule has 0 aromatic heterocycles. The van der Waals surface area contributed by atoms with Crippen LogP contribution in [0, 0.1) is 5.41 Å². The van der Waals surface area contributed by atoms with E-state index in [0.717, 1.165) is 0 Å². The summed E-state index contributed by atoms with van der Waals surface area (Å²) in [5, 5.41) is 11.6. The predicted octanol–water partition coefficient (Wildman–Crippen LogP) is 1.51. The summed E-state index contributed by atoms with van der Waals surface area (Å²) >= 11 is 0. The Bertz CT molecular complexity index is 500. The molecule has 0 aliphatic heterocycles. The van der Waals surface area contributed by atoms with Crippen molar-refractivity contribution in [1.82, 2.24) is 0 Å². The molecule has 1 amide bonds. The van der Waals surface area contributed by atoms with Gasteiger partial charge in [0, 0.05) is 23.9 Å². The Hall–Kier alpha value is -2.24. The third-order valence-electron chi connectivity index (χ3n) is 3.20. The fraction of sp³-hybridized carbons (Fsp3) is 0.385. The summed E-state index contributed by atoms with van der Waals surface area (Å²) in [4.78, 5) is 23.0. The van der Waals surface area contributed by atoms with Gasteiger partial charge in [0.1, 0.15) is 16.9 Å². The van der Waals surface area contributed by atoms with Gasteiger partial charge in [-0.1, -0.05) is 0 Å². The van der Waals surface area contributed by atoms with Crippen LogP contribution >= 0.6 is 0 Å². The van der Waals surface area contributed by atoms with Crippen molar-refractivity contribution < 1.29 is 24.2 Å². The van der Waals surface area contributed by atoms with Gasteiger partial charge in [0.25, 0.3) is 0 Å². The average molecular weight is 265 g/mol. The Kier molecular flexibility index (Phi) is 3.33. The minimum Gasteiger partial charge on any atom is -0.497 e. The van der Waals surface area contributed by atoms with Gasteiger partial charge in [-0.05, 0) is 12.8 Å². The SMILES string of the molecule is COc1cc(NC(=O)C2(C(=O)O)CC2)cc(OC)c1. The van der Waals surface area contributed by atoms with Crippen LogP contribution in [0.3, 0.4) is 0 Å². The molecular weight excluding hydrogens is 250 g/mol. The predicted molar refractivity (Wildman–Crippen MR) is 67.5 cm³/mol. The third-order valence-corrected chi connectivity index (χ3v) is 3.20. The Labute approximate surface area is 110 Å². The molecule has 19 heavy (non-hydrogen) atoms. The number of methoxy groups -OCH3 is 2. The van der Waals surface area contributed by atoms with Gasteiger partial charge in [-0.2, -0.15) is 0 Å². The van der Waals surface area contributed by atoms with Crippen molar-refractivity contribution in [2.75, 3.05) is 19.5 Å². The molecule has 1 saturated carbocycles. The highest BCUT2D eigenvalue weighted by Crippen LogP contribution is 2.47. The molecule has 2 rings (SSSR count). The van der Waals surface area contributed by atoms with Gasteiger partial charge in [0.05, 0.1) is 14.2 Å². The van der Waals surface area contributed by atoms with Crippen LogP contribution in [-0.2, 0) is 9.59 Å². The van der Waals surface area contributed by atoms with Crippen LogP contribution < -0.4 is 14.8 Å². The molecule has 0 atom stereocenters. The molecule has 0 heterocycles. The number of carboxylic acid groups (broad SMARTS) is 1. The van der Waals surface area contributed by atoms with Crippen molar-refractivity contribution in [3.05, 3.63) is 18.2 Å². The lowest BCUT2D eigenvalue weighted by atomic mass is 10.1. The number of hydrogen-bond donors (Lipinski definition) is 2. The van der Waals surface area contributed by atoms with E-state index in [2.05, 4.69) is 5.32 Å². The molecule has 102 valence electrons. The number of rotatable bonds is 5. The van der Waals surface area contributed by atoms with Crippen molar-refractivity contribution in [2.24, 2.45) is 5.41 Å². The monoisotopic (exact) mass is 265 g/mol. The highest BCUT2D eigenvalue weighted by atomic mass is 16.5. The molecule has 0 bridgehead atoms. The number of carboxylic acids is 1. The van der Waals surface area contributed by atoms with E-state index in [9.17, 15) is 9.59 Å². The molecule has 0 unspecified atom stereocenters. The van der Waals surface area contributed by atoms with Crippen LogP contribution in [0.2, 0.25) is 0 Å². The molecule has 0 spiro atoms. The second-order valence-corrected chi connectivity index (χ2v) is 4.44. The number of amides is 1. The fourth-order valence-corrected chi connectivity index (χ4v) is 1.79. The van der Waals surface area contributed by atoms with Crippen molar-refractivity contribution in [3.63, 3.8) is 0 Å². The highest BCUT2D eigenvalue weighted by Gasteiger charge is 2.57. The molecule has 2 N–H and O–H groups in total. The van der Waals surface area contributed by atoms with E-state index < -0.39 is 17.3 Å². The summed E-state index contributed by atoms with van der Waals surface area (Å²) in [6.45, 7) is 0. The summed E-state index contributed by atoms with van der Waals surface area (Å²) in [5.41, 5.74) is -0.815. The van der Waals surface area contributed by atoms with Crippen LogP contribution in [0.4, 0.5) is 5.69 Å². The first-order valence-electron chi connectivity index (χ1n) is 5.80. The minimum absolute atomic E-state index is 0.370. The second-order valence-electron chi connectivity index (χ2n) is 4.44. The maximum atomic E-state index is 12.0. The number of hydrogen-bond acceptors (Lipinski definition) is 4. The topological polar surface area (TPSA) is 84.9 Å². The maximum Gasteiger partial charge on any atom is 0.319 e. The summed E-state index contributed by atoms with van der Waals surface area (Å²) in [7, 11) is 3.00. The zero-order chi connectivity index (χ0) is 14.0. The standard InChI is InChI=1S/C13H15NO5/c1-18-9-5-8(6-10(7-9)19-2)14-11(15)13(3-4-13)12(16)17/h5-7H,3-4H2,1-2H3,(H,14,15)(H,16,17). The van der Waals surface area contributed by atoms with Crippen molar-refractivity contribution in [3.8, 4) is 11.5 Å². The lowest BCUT2D eigenvalue weighted by Gasteiger charge is -2.13. The molecular formula is C13H15NO5. The Morgan fingerprint density at radius 2 is 1.68 bits per heavy atom. The van der Waals surface area contributed by atoms with Crippen LogP contribution in [0.25, 0.3) is 0 Å². The molecule has 1 aromatic rings. The quantitative estimate of drug-likeness (QED) is 0.788. The number of benzene rings is 1.